The Bertz CT molecular complexity index is 1640. The predicted molar refractivity (Wildman–Crippen MR) is 151 cm³/mol. The number of phosphoric ester groups is 1. The molecular formula is C31H27O8P. The van der Waals surface area contributed by atoms with Gasteiger partial charge in [0.15, 0.2) is 0 Å². The van der Waals surface area contributed by atoms with Crippen molar-refractivity contribution in [1.82, 2.24) is 0 Å². The number of aromatic hydroxyl groups is 1. The van der Waals surface area contributed by atoms with E-state index in [4.69, 9.17) is 22.7 Å². The monoisotopic (exact) mass is 558 g/mol. The van der Waals surface area contributed by atoms with Gasteiger partial charge in [0.25, 0.3) is 0 Å². The van der Waals surface area contributed by atoms with Crippen molar-refractivity contribution in [2.45, 2.75) is 20.1 Å². The van der Waals surface area contributed by atoms with Crippen LogP contribution in [0.3, 0.4) is 0 Å². The van der Waals surface area contributed by atoms with Crippen LogP contribution in [0.4, 0.5) is 0 Å². The highest BCUT2D eigenvalue weighted by Gasteiger charge is 2.29. The minimum atomic E-state index is -4.04. The van der Waals surface area contributed by atoms with Crippen LogP contribution in [-0.4, -0.2) is 11.7 Å². The number of ether oxygens (including phenoxy) is 1. The van der Waals surface area contributed by atoms with Gasteiger partial charge < -0.3 is 18.8 Å². The Balaban J connectivity index is 1.38. The second-order valence-corrected chi connectivity index (χ2v) is 10.4. The van der Waals surface area contributed by atoms with Crippen LogP contribution in [0.5, 0.6) is 17.2 Å². The summed E-state index contributed by atoms with van der Waals surface area (Å²) in [6, 6.07) is 27.9. The van der Waals surface area contributed by atoms with Crippen molar-refractivity contribution in [3.05, 3.63) is 125 Å². The molecule has 1 N–H and O–H groups in total. The molecular weight excluding hydrogens is 531 g/mol. The van der Waals surface area contributed by atoms with Crippen molar-refractivity contribution in [3.8, 4) is 28.4 Å². The molecule has 0 aliphatic rings. The lowest BCUT2D eigenvalue weighted by atomic mass is 10.0. The Morgan fingerprint density at radius 1 is 0.800 bits per heavy atom. The van der Waals surface area contributed by atoms with Crippen LogP contribution in [-0.2, 0) is 26.8 Å². The minimum Gasteiger partial charge on any atom is -0.507 e. The maximum Gasteiger partial charge on any atom is 0.530 e. The van der Waals surface area contributed by atoms with E-state index in [1.807, 2.05) is 67.6 Å². The second kappa shape index (κ2) is 12.2. The van der Waals surface area contributed by atoms with Crippen LogP contribution in [0.15, 0.2) is 113 Å². The largest absolute Gasteiger partial charge is 0.530 e. The molecule has 0 saturated heterocycles. The quantitative estimate of drug-likeness (QED) is 0.166. The van der Waals surface area contributed by atoms with Crippen LogP contribution in [0.1, 0.15) is 18.1 Å². The second-order valence-electron chi connectivity index (χ2n) is 8.81. The van der Waals surface area contributed by atoms with Gasteiger partial charge in [0, 0.05) is 12.1 Å². The van der Waals surface area contributed by atoms with Gasteiger partial charge in [-0.1, -0.05) is 72.8 Å². The van der Waals surface area contributed by atoms with E-state index in [0.29, 0.717) is 17.9 Å². The average Bonchev–Trinajstić information content (AvgIpc) is 2.97. The lowest BCUT2D eigenvalue weighted by Gasteiger charge is -2.19. The fraction of sp³-hybridized carbons (Fsp3) is 0.129. The van der Waals surface area contributed by atoms with Crippen LogP contribution in [0.2, 0.25) is 0 Å². The number of benzene rings is 4. The number of fused-ring (bicyclic) bond motifs is 1. The molecule has 8 nitrogen and oxygen atoms in total. The van der Waals surface area contributed by atoms with Crippen molar-refractivity contribution in [2.24, 2.45) is 0 Å². The topological polar surface area (TPSA) is 104 Å². The Morgan fingerprint density at radius 2 is 1.40 bits per heavy atom. The lowest BCUT2D eigenvalue weighted by Crippen LogP contribution is -2.06. The molecule has 0 amide bonds. The highest BCUT2D eigenvalue weighted by Crippen LogP contribution is 2.51. The molecule has 0 unspecified atom stereocenters. The highest BCUT2D eigenvalue weighted by molar-refractivity contribution is 7.48. The van der Waals surface area contributed by atoms with E-state index in [1.54, 1.807) is 30.3 Å². The molecule has 5 aromatic rings. The van der Waals surface area contributed by atoms with E-state index >= 15 is 0 Å². The maximum atomic E-state index is 13.6. The molecule has 0 fully saturated rings. The van der Waals surface area contributed by atoms with E-state index in [0.717, 1.165) is 11.1 Å². The maximum absolute atomic E-state index is 13.6. The van der Waals surface area contributed by atoms with Crippen molar-refractivity contribution in [1.29, 1.82) is 0 Å². The smallest absolute Gasteiger partial charge is 0.507 e. The first-order valence-electron chi connectivity index (χ1n) is 12.6. The molecule has 4 aromatic carbocycles. The zero-order valence-electron chi connectivity index (χ0n) is 21.7. The van der Waals surface area contributed by atoms with E-state index in [9.17, 15) is 14.5 Å². The molecule has 0 atom stereocenters. The Labute approximate surface area is 231 Å². The number of rotatable bonds is 11. The molecule has 0 bridgehead atoms. The van der Waals surface area contributed by atoms with Gasteiger partial charge in [-0.15, -0.1) is 0 Å². The SMILES string of the molecule is CCOc1cc(O)c2c(=O)c(-c3ccc(OP(=O)(OCc4ccccc4)OCc4ccccc4)cc3)coc2c1. The lowest BCUT2D eigenvalue weighted by molar-refractivity contribution is 0.143. The van der Waals surface area contributed by atoms with Gasteiger partial charge in [-0.2, -0.15) is 0 Å². The zero-order valence-corrected chi connectivity index (χ0v) is 22.6. The molecule has 9 heteroatoms. The third-order valence-corrected chi connectivity index (χ3v) is 7.31. The third kappa shape index (κ3) is 6.43. The van der Waals surface area contributed by atoms with Crippen molar-refractivity contribution in [3.63, 3.8) is 0 Å². The Morgan fingerprint density at radius 3 is 1.98 bits per heavy atom. The number of phosphoric acid groups is 1. The minimum absolute atomic E-state index is 0.0254. The number of phenolic OH excluding ortho intramolecular Hbond substituents is 1. The van der Waals surface area contributed by atoms with Crippen molar-refractivity contribution >= 4 is 18.8 Å². The number of phenols is 1. The van der Waals surface area contributed by atoms with Gasteiger partial charge >= 0.3 is 7.82 Å². The molecule has 0 aliphatic carbocycles. The Kier molecular flexibility index (Phi) is 8.31. The summed E-state index contributed by atoms with van der Waals surface area (Å²) in [5, 5.41) is 10.5. The summed E-state index contributed by atoms with van der Waals surface area (Å²) in [4.78, 5) is 13.2. The summed E-state index contributed by atoms with van der Waals surface area (Å²) in [5.41, 5.74) is 2.18. The van der Waals surface area contributed by atoms with E-state index < -0.39 is 13.3 Å². The van der Waals surface area contributed by atoms with Crippen LogP contribution in [0, 0.1) is 0 Å². The molecule has 0 aliphatic heterocycles. The fourth-order valence-electron chi connectivity index (χ4n) is 4.03. The molecule has 40 heavy (non-hydrogen) atoms. The summed E-state index contributed by atoms with van der Waals surface area (Å²) >= 11 is 0. The van der Waals surface area contributed by atoms with Crippen molar-refractivity contribution in [2.75, 3.05) is 6.61 Å². The standard InChI is InChI=1S/C31H27O8P/c1-2-35-26-17-28(32)30-29(18-26)36-21-27(31(30)33)24-13-15-25(16-14-24)39-40(34,37-19-22-9-5-3-6-10-22)38-20-23-11-7-4-8-12-23/h3-18,21,32H,2,19-20H2,1H3. The molecule has 0 radical (unpaired) electrons. The molecule has 5 rings (SSSR count). The van der Waals surface area contributed by atoms with Crippen LogP contribution in [0.25, 0.3) is 22.1 Å². The average molecular weight is 559 g/mol. The van der Waals surface area contributed by atoms with Gasteiger partial charge in [-0.25, -0.2) is 4.57 Å². The summed E-state index contributed by atoms with van der Waals surface area (Å²) in [5.74, 6) is 0.393. The van der Waals surface area contributed by atoms with E-state index in [1.165, 1.54) is 12.3 Å². The first kappa shape index (κ1) is 27.2. The number of hydrogen-bond donors (Lipinski definition) is 1. The van der Waals surface area contributed by atoms with Gasteiger partial charge in [0.05, 0.1) is 25.4 Å². The Hall–Kier alpha value is -4.36. The molecule has 1 heterocycles. The van der Waals surface area contributed by atoms with Crippen LogP contribution < -0.4 is 14.7 Å². The molecule has 1 aromatic heterocycles. The predicted octanol–water partition coefficient (Wildman–Crippen LogP) is 7.48. The first-order valence-corrected chi connectivity index (χ1v) is 14.1. The van der Waals surface area contributed by atoms with Crippen LogP contribution >= 0.6 is 7.82 Å². The van der Waals surface area contributed by atoms with Gasteiger partial charge in [-0.3, -0.25) is 13.8 Å². The normalized spacial score (nSPS) is 11.4. The molecule has 0 saturated carbocycles. The number of hydrogen-bond acceptors (Lipinski definition) is 8. The third-order valence-electron chi connectivity index (χ3n) is 5.99. The summed E-state index contributed by atoms with van der Waals surface area (Å²) in [6.45, 7) is 2.27. The summed E-state index contributed by atoms with van der Waals surface area (Å²) < 4.78 is 41.8. The summed E-state index contributed by atoms with van der Waals surface area (Å²) in [6.07, 6.45) is 1.33. The van der Waals surface area contributed by atoms with Crippen molar-refractivity contribution < 1.29 is 32.4 Å². The highest BCUT2D eigenvalue weighted by atomic mass is 31.2. The summed E-state index contributed by atoms with van der Waals surface area (Å²) in [7, 11) is -4.04. The first-order chi connectivity index (χ1) is 19.4. The van der Waals surface area contributed by atoms with Gasteiger partial charge in [-0.05, 0) is 35.7 Å². The molecule has 0 spiro atoms. The zero-order chi connectivity index (χ0) is 28.0. The van der Waals surface area contributed by atoms with E-state index in [-0.39, 0.29) is 41.2 Å². The van der Waals surface area contributed by atoms with E-state index in [2.05, 4.69) is 0 Å². The molecule has 204 valence electrons. The van der Waals surface area contributed by atoms with Gasteiger partial charge in [0.2, 0.25) is 5.43 Å². The van der Waals surface area contributed by atoms with Gasteiger partial charge in [0.1, 0.15) is 34.5 Å². The fourth-order valence-corrected chi connectivity index (χ4v) is 5.20.